The van der Waals surface area contributed by atoms with Crippen molar-refractivity contribution in [1.29, 1.82) is 0 Å². The van der Waals surface area contributed by atoms with E-state index in [0.717, 1.165) is 6.08 Å². The van der Waals surface area contributed by atoms with Crippen LogP contribution in [0.15, 0.2) is 53.4 Å². The van der Waals surface area contributed by atoms with Crippen LogP contribution in [0, 0.1) is 0 Å². The van der Waals surface area contributed by atoms with Gasteiger partial charge in [-0.05, 0) is 42.0 Å². The van der Waals surface area contributed by atoms with Gasteiger partial charge in [-0.25, -0.2) is 13.2 Å². The molecule has 2 aromatic rings. The van der Waals surface area contributed by atoms with E-state index in [4.69, 9.17) is 32.7 Å². The zero-order valence-electron chi connectivity index (χ0n) is 16.3. The molecule has 0 N–H and O–H groups in total. The van der Waals surface area contributed by atoms with Gasteiger partial charge in [0.2, 0.25) is 10.0 Å². The summed E-state index contributed by atoms with van der Waals surface area (Å²) in [5.74, 6) is -1.13. The lowest BCUT2D eigenvalue weighted by Gasteiger charge is -2.26. The van der Waals surface area contributed by atoms with Crippen LogP contribution in [0.4, 0.5) is 0 Å². The molecule has 0 atom stereocenters. The van der Waals surface area contributed by atoms with Crippen LogP contribution < -0.4 is 0 Å². The van der Waals surface area contributed by atoms with Gasteiger partial charge in [-0.15, -0.1) is 0 Å². The van der Waals surface area contributed by atoms with Crippen molar-refractivity contribution in [2.45, 2.75) is 4.90 Å². The number of benzene rings is 2. The predicted octanol–water partition coefficient (Wildman–Crippen LogP) is 3.45. The second-order valence-corrected chi connectivity index (χ2v) is 9.33. The Bertz CT molecular complexity index is 1090. The Labute approximate surface area is 190 Å². The van der Waals surface area contributed by atoms with Crippen LogP contribution in [-0.4, -0.2) is 57.4 Å². The van der Waals surface area contributed by atoms with E-state index < -0.39 is 28.4 Å². The molecule has 7 nitrogen and oxygen atoms in total. The number of hydrogen-bond donors (Lipinski definition) is 0. The zero-order valence-corrected chi connectivity index (χ0v) is 18.6. The van der Waals surface area contributed by atoms with Crippen molar-refractivity contribution < 1.29 is 27.5 Å². The van der Waals surface area contributed by atoms with E-state index in [-0.39, 0.29) is 15.5 Å². The molecule has 0 aliphatic carbocycles. The largest absolute Gasteiger partial charge is 0.454 e. The van der Waals surface area contributed by atoms with Crippen LogP contribution in [0.2, 0.25) is 10.0 Å². The fourth-order valence-electron chi connectivity index (χ4n) is 2.79. The van der Waals surface area contributed by atoms with Gasteiger partial charge in [-0.1, -0.05) is 35.3 Å². The minimum absolute atomic E-state index is 0.168. The van der Waals surface area contributed by atoms with Crippen LogP contribution in [0.25, 0.3) is 6.08 Å². The van der Waals surface area contributed by atoms with Crippen LogP contribution in [0.5, 0.6) is 0 Å². The molecule has 10 heteroatoms. The van der Waals surface area contributed by atoms with Crippen LogP contribution in [-0.2, 0) is 24.3 Å². The number of hydrogen-bond acceptors (Lipinski definition) is 6. The van der Waals surface area contributed by atoms with E-state index in [9.17, 15) is 18.0 Å². The summed E-state index contributed by atoms with van der Waals surface area (Å²) in [6.07, 6.45) is 2.63. The number of rotatable bonds is 7. The highest BCUT2D eigenvalue weighted by Crippen LogP contribution is 2.23. The first-order valence-electron chi connectivity index (χ1n) is 9.28. The number of sulfonamides is 1. The van der Waals surface area contributed by atoms with Crippen molar-refractivity contribution in [3.8, 4) is 0 Å². The van der Waals surface area contributed by atoms with Crippen molar-refractivity contribution >= 4 is 51.1 Å². The molecule has 0 bridgehead atoms. The summed E-state index contributed by atoms with van der Waals surface area (Å²) >= 11 is 11.7. The highest BCUT2D eigenvalue weighted by atomic mass is 35.5. The first kappa shape index (κ1) is 23.4. The smallest absolute Gasteiger partial charge is 0.331 e. The van der Waals surface area contributed by atoms with Crippen molar-refractivity contribution in [1.82, 2.24) is 4.31 Å². The van der Waals surface area contributed by atoms with Gasteiger partial charge in [-0.2, -0.15) is 4.31 Å². The predicted molar refractivity (Wildman–Crippen MR) is 117 cm³/mol. The van der Waals surface area contributed by atoms with Gasteiger partial charge in [0.25, 0.3) is 0 Å². The first-order valence-corrected chi connectivity index (χ1v) is 11.5. The molecule has 3 rings (SSSR count). The van der Waals surface area contributed by atoms with E-state index in [0.29, 0.717) is 36.9 Å². The van der Waals surface area contributed by atoms with Crippen molar-refractivity contribution in [3.05, 3.63) is 69.7 Å². The highest BCUT2D eigenvalue weighted by Gasteiger charge is 2.25. The van der Waals surface area contributed by atoms with Gasteiger partial charge in [0.1, 0.15) is 0 Å². The van der Waals surface area contributed by atoms with Gasteiger partial charge in [0.15, 0.2) is 12.4 Å². The molecule has 1 saturated heterocycles. The van der Waals surface area contributed by atoms with E-state index in [1.165, 1.54) is 40.7 Å². The lowest BCUT2D eigenvalue weighted by atomic mass is 10.1. The third-order valence-corrected chi connectivity index (χ3v) is 7.14. The summed E-state index contributed by atoms with van der Waals surface area (Å²) in [7, 11) is -3.58. The summed E-state index contributed by atoms with van der Waals surface area (Å²) in [6, 6.07) is 10.5. The van der Waals surface area contributed by atoms with Crippen molar-refractivity contribution in [2.75, 3.05) is 32.9 Å². The number of carbonyl (C=O) groups is 2. The van der Waals surface area contributed by atoms with Crippen LogP contribution in [0.3, 0.4) is 0 Å². The summed E-state index contributed by atoms with van der Waals surface area (Å²) in [6.45, 7) is 0.927. The standard InChI is InChI=1S/C21H19Cl2NO6S/c22-18-7-4-16(13-19(18)23)20(25)14-30-21(26)8-3-15-1-5-17(6-2-15)31(27,28)24-9-11-29-12-10-24/h1-8,13H,9-12,14H2/b8-3+. The van der Waals surface area contributed by atoms with Crippen molar-refractivity contribution in [3.63, 3.8) is 0 Å². The SMILES string of the molecule is O=C(/C=C/c1ccc(S(=O)(=O)N2CCOCC2)cc1)OCC(=O)c1ccc(Cl)c(Cl)c1. The Morgan fingerprint density at radius 3 is 2.35 bits per heavy atom. The molecule has 0 amide bonds. The van der Waals surface area contributed by atoms with Gasteiger partial charge < -0.3 is 9.47 Å². The molecule has 1 heterocycles. The second-order valence-electron chi connectivity index (χ2n) is 6.58. The number of morpholine rings is 1. The average Bonchev–Trinajstić information content (AvgIpc) is 2.78. The molecule has 164 valence electrons. The summed E-state index contributed by atoms with van der Waals surface area (Å²) in [5.41, 5.74) is 0.886. The Kier molecular flexibility index (Phi) is 7.85. The number of halogens is 2. The minimum Gasteiger partial charge on any atom is -0.454 e. The Balaban J connectivity index is 1.55. The summed E-state index contributed by atoms with van der Waals surface area (Å²) in [5, 5.41) is 0.555. The number of carbonyl (C=O) groups excluding carboxylic acids is 2. The number of Topliss-reactive ketones (excluding diaryl/α,β-unsaturated/α-hetero) is 1. The topological polar surface area (TPSA) is 90.0 Å². The minimum atomic E-state index is -3.58. The van der Waals surface area contributed by atoms with Gasteiger partial charge in [-0.3, -0.25) is 4.79 Å². The van der Waals surface area contributed by atoms with Gasteiger partial charge in [0, 0.05) is 24.7 Å². The quantitative estimate of drug-likeness (QED) is 0.340. The molecule has 0 spiro atoms. The van der Waals surface area contributed by atoms with Gasteiger partial charge in [0.05, 0.1) is 28.2 Å². The summed E-state index contributed by atoms with van der Waals surface area (Å²) in [4.78, 5) is 24.1. The Hall–Kier alpha value is -2.23. The Morgan fingerprint density at radius 2 is 1.71 bits per heavy atom. The van der Waals surface area contributed by atoms with Crippen LogP contribution >= 0.6 is 23.2 Å². The summed E-state index contributed by atoms with van der Waals surface area (Å²) < 4.78 is 36.7. The first-order chi connectivity index (χ1) is 14.8. The van der Waals surface area contributed by atoms with E-state index in [1.807, 2.05) is 0 Å². The van der Waals surface area contributed by atoms with E-state index in [1.54, 1.807) is 12.1 Å². The molecule has 0 unspecified atom stereocenters. The molecule has 1 aliphatic heterocycles. The number of esters is 1. The second kappa shape index (κ2) is 10.4. The molecular weight excluding hydrogens is 465 g/mol. The molecule has 0 saturated carbocycles. The third-order valence-electron chi connectivity index (χ3n) is 4.49. The van der Waals surface area contributed by atoms with Crippen LogP contribution in [0.1, 0.15) is 15.9 Å². The van der Waals surface area contributed by atoms with E-state index in [2.05, 4.69) is 0 Å². The molecule has 1 fully saturated rings. The third kappa shape index (κ3) is 6.15. The normalized spacial score (nSPS) is 15.2. The zero-order chi connectivity index (χ0) is 22.4. The number of nitrogens with zero attached hydrogens (tertiary/aromatic N) is 1. The molecule has 1 aliphatic rings. The lowest BCUT2D eigenvalue weighted by Crippen LogP contribution is -2.40. The molecule has 0 radical (unpaired) electrons. The molecule has 2 aromatic carbocycles. The highest BCUT2D eigenvalue weighted by molar-refractivity contribution is 7.89. The fourth-order valence-corrected chi connectivity index (χ4v) is 4.49. The van der Waals surface area contributed by atoms with Crippen molar-refractivity contribution in [2.24, 2.45) is 0 Å². The number of ether oxygens (including phenoxy) is 2. The maximum Gasteiger partial charge on any atom is 0.331 e. The lowest BCUT2D eigenvalue weighted by molar-refractivity contribution is -0.136. The molecular formula is C21H19Cl2NO6S. The maximum absolute atomic E-state index is 12.6. The fraction of sp³-hybridized carbons (Fsp3) is 0.238. The Morgan fingerprint density at radius 1 is 1.03 bits per heavy atom. The monoisotopic (exact) mass is 483 g/mol. The average molecular weight is 484 g/mol. The molecule has 0 aromatic heterocycles. The number of ketones is 1. The molecule has 31 heavy (non-hydrogen) atoms. The van der Waals surface area contributed by atoms with E-state index >= 15 is 0 Å². The van der Waals surface area contributed by atoms with Gasteiger partial charge >= 0.3 is 5.97 Å². The maximum atomic E-state index is 12.6.